The standard InChI is InChI=1S/C16H20O8/c1-5-11(19)15(9(3)17)23-13(21)7-8-14(22)24-16(10(4)18)12(20)6-2/h7-8,15-16H,5-6H2,1-4H3/b8-7-. The maximum atomic E-state index is 11.5. The van der Waals surface area contributed by atoms with Crippen LogP contribution in [0.25, 0.3) is 0 Å². The van der Waals surface area contributed by atoms with Gasteiger partial charge in [-0.05, 0) is 13.8 Å². The first-order valence-corrected chi connectivity index (χ1v) is 7.29. The SMILES string of the molecule is CCC(=O)C(OC(=O)/C=C\C(=O)OC(C(C)=O)C(=O)CC)C(C)=O. The molecule has 0 N–H and O–H groups in total. The van der Waals surface area contributed by atoms with Gasteiger partial charge in [0.1, 0.15) is 0 Å². The quantitative estimate of drug-likeness (QED) is 0.320. The molecule has 0 aliphatic carbocycles. The zero-order valence-corrected chi connectivity index (χ0v) is 14.0. The van der Waals surface area contributed by atoms with Gasteiger partial charge in [-0.1, -0.05) is 13.8 Å². The van der Waals surface area contributed by atoms with E-state index in [4.69, 9.17) is 0 Å². The maximum Gasteiger partial charge on any atom is 0.332 e. The summed E-state index contributed by atoms with van der Waals surface area (Å²) in [4.78, 5) is 68.5. The zero-order valence-electron chi connectivity index (χ0n) is 14.0. The molecular weight excluding hydrogens is 320 g/mol. The fourth-order valence-electron chi connectivity index (χ4n) is 1.57. The molecule has 0 aromatic heterocycles. The first-order chi connectivity index (χ1) is 11.1. The number of hydrogen-bond donors (Lipinski definition) is 0. The van der Waals surface area contributed by atoms with Crippen LogP contribution in [0.3, 0.4) is 0 Å². The van der Waals surface area contributed by atoms with Gasteiger partial charge in [-0.2, -0.15) is 0 Å². The number of ether oxygens (including phenoxy) is 2. The molecule has 8 nitrogen and oxygen atoms in total. The normalized spacial score (nSPS) is 13.0. The predicted octanol–water partition coefficient (Wildman–Crippen LogP) is 0.502. The molecule has 132 valence electrons. The Balaban J connectivity index is 4.82. The van der Waals surface area contributed by atoms with Gasteiger partial charge >= 0.3 is 11.9 Å². The van der Waals surface area contributed by atoms with Crippen molar-refractivity contribution in [3.05, 3.63) is 12.2 Å². The van der Waals surface area contributed by atoms with Gasteiger partial charge < -0.3 is 9.47 Å². The first-order valence-electron chi connectivity index (χ1n) is 7.29. The molecule has 0 aromatic rings. The summed E-state index contributed by atoms with van der Waals surface area (Å²) in [6, 6.07) is 0. The van der Waals surface area contributed by atoms with Crippen LogP contribution in [0.2, 0.25) is 0 Å². The average molecular weight is 340 g/mol. The molecule has 0 bridgehead atoms. The number of hydrogen-bond acceptors (Lipinski definition) is 8. The van der Waals surface area contributed by atoms with Gasteiger partial charge in [0, 0.05) is 25.0 Å². The van der Waals surface area contributed by atoms with Crippen molar-refractivity contribution in [3.8, 4) is 0 Å². The molecule has 0 saturated carbocycles. The van der Waals surface area contributed by atoms with Crippen molar-refractivity contribution in [1.29, 1.82) is 0 Å². The molecule has 0 aromatic carbocycles. The minimum Gasteiger partial charge on any atom is -0.443 e. The van der Waals surface area contributed by atoms with E-state index >= 15 is 0 Å². The smallest absolute Gasteiger partial charge is 0.332 e. The molecule has 0 heterocycles. The van der Waals surface area contributed by atoms with Crippen molar-refractivity contribution in [2.24, 2.45) is 0 Å². The minimum absolute atomic E-state index is 0.00268. The van der Waals surface area contributed by atoms with E-state index in [-0.39, 0.29) is 12.8 Å². The zero-order chi connectivity index (χ0) is 18.9. The molecular formula is C16H20O8. The van der Waals surface area contributed by atoms with Gasteiger partial charge in [0.15, 0.2) is 23.1 Å². The largest absolute Gasteiger partial charge is 0.443 e. The molecule has 0 rings (SSSR count). The summed E-state index contributed by atoms with van der Waals surface area (Å²) < 4.78 is 9.34. The van der Waals surface area contributed by atoms with E-state index in [9.17, 15) is 28.8 Å². The summed E-state index contributed by atoms with van der Waals surface area (Å²) in [5.74, 6) is -4.63. The van der Waals surface area contributed by atoms with E-state index in [0.29, 0.717) is 12.2 Å². The van der Waals surface area contributed by atoms with Crippen LogP contribution in [-0.4, -0.2) is 47.3 Å². The molecule has 0 aliphatic rings. The predicted molar refractivity (Wildman–Crippen MR) is 80.9 cm³/mol. The highest BCUT2D eigenvalue weighted by molar-refractivity contribution is 6.07. The number of carbonyl (C=O) groups is 6. The van der Waals surface area contributed by atoms with Crippen LogP contribution in [0.5, 0.6) is 0 Å². The lowest BCUT2D eigenvalue weighted by molar-refractivity contribution is -0.157. The third-order valence-corrected chi connectivity index (χ3v) is 2.84. The molecule has 0 radical (unpaired) electrons. The molecule has 0 saturated heterocycles. The topological polar surface area (TPSA) is 121 Å². The van der Waals surface area contributed by atoms with Crippen LogP contribution in [0.4, 0.5) is 0 Å². The van der Waals surface area contributed by atoms with E-state index < -0.39 is 47.3 Å². The lowest BCUT2D eigenvalue weighted by Gasteiger charge is -2.12. The third kappa shape index (κ3) is 7.08. The number of carbonyl (C=O) groups excluding carboxylic acids is 6. The fourth-order valence-corrected chi connectivity index (χ4v) is 1.57. The Bertz CT molecular complexity index is 523. The van der Waals surface area contributed by atoms with Crippen molar-refractivity contribution in [1.82, 2.24) is 0 Å². The van der Waals surface area contributed by atoms with Crippen LogP contribution in [-0.2, 0) is 38.2 Å². The fraction of sp³-hybridized carbons (Fsp3) is 0.500. The summed E-state index contributed by atoms with van der Waals surface area (Å²) in [5, 5.41) is 0. The van der Waals surface area contributed by atoms with Crippen LogP contribution < -0.4 is 0 Å². The Kier molecular flexibility index (Phi) is 9.07. The molecule has 24 heavy (non-hydrogen) atoms. The van der Waals surface area contributed by atoms with Crippen molar-refractivity contribution in [3.63, 3.8) is 0 Å². The van der Waals surface area contributed by atoms with Crippen LogP contribution >= 0.6 is 0 Å². The number of Topliss-reactive ketones (excluding diaryl/α,β-unsaturated/α-hetero) is 4. The van der Waals surface area contributed by atoms with E-state index in [1.165, 1.54) is 13.8 Å². The van der Waals surface area contributed by atoms with Gasteiger partial charge in [-0.25, -0.2) is 9.59 Å². The molecule has 2 unspecified atom stereocenters. The molecule has 8 heteroatoms. The van der Waals surface area contributed by atoms with Gasteiger partial charge in [-0.15, -0.1) is 0 Å². The van der Waals surface area contributed by atoms with Crippen LogP contribution in [0.15, 0.2) is 12.2 Å². The highest BCUT2D eigenvalue weighted by Gasteiger charge is 2.26. The minimum atomic E-state index is -1.53. The summed E-state index contributed by atoms with van der Waals surface area (Å²) in [5.41, 5.74) is 0. The summed E-state index contributed by atoms with van der Waals surface area (Å²) in [6.07, 6.45) is -1.76. The third-order valence-electron chi connectivity index (χ3n) is 2.84. The van der Waals surface area contributed by atoms with Gasteiger partial charge in [-0.3, -0.25) is 19.2 Å². The lowest BCUT2D eigenvalue weighted by atomic mass is 10.1. The average Bonchev–Trinajstić information content (AvgIpc) is 2.53. The van der Waals surface area contributed by atoms with E-state index in [0.717, 1.165) is 13.8 Å². The highest BCUT2D eigenvalue weighted by atomic mass is 16.6. The lowest BCUT2D eigenvalue weighted by Crippen LogP contribution is -2.33. The van der Waals surface area contributed by atoms with Gasteiger partial charge in [0.2, 0.25) is 12.2 Å². The van der Waals surface area contributed by atoms with Gasteiger partial charge in [0.05, 0.1) is 0 Å². The Morgan fingerprint density at radius 1 is 0.708 bits per heavy atom. The van der Waals surface area contributed by atoms with Crippen molar-refractivity contribution < 1.29 is 38.2 Å². The molecule has 0 spiro atoms. The van der Waals surface area contributed by atoms with Crippen LogP contribution in [0.1, 0.15) is 40.5 Å². The maximum absolute atomic E-state index is 11.5. The second-order valence-electron chi connectivity index (χ2n) is 4.83. The molecule has 0 amide bonds. The molecule has 0 fully saturated rings. The first kappa shape index (κ1) is 21.4. The molecule has 0 aliphatic heterocycles. The summed E-state index contributed by atoms with van der Waals surface area (Å²) in [7, 11) is 0. The van der Waals surface area contributed by atoms with Crippen molar-refractivity contribution in [2.75, 3.05) is 0 Å². The number of ketones is 4. The Labute approximate surface area is 139 Å². The van der Waals surface area contributed by atoms with Gasteiger partial charge in [0.25, 0.3) is 0 Å². The molecule has 2 atom stereocenters. The Morgan fingerprint density at radius 3 is 1.21 bits per heavy atom. The summed E-state index contributed by atoms with van der Waals surface area (Å²) >= 11 is 0. The highest BCUT2D eigenvalue weighted by Crippen LogP contribution is 2.03. The van der Waals surface area contributed by atoms with E-state index in [1.807, 2.05) is 0 Å². The summed E-state index contributed by atoms with van der Waals surface area (Å²) in [6.45, 7) is 5.20. The Morgan fingerprint density at radius 2 is 1.00 bits per heavy atom. The number of esters is 2. The second-order valence-corrected chi connectivity index (χ2v) is 4.83. The van der Waals surface area contributed by atoms with E-state index in [1.54, 1.807) is 0 Å². The number of rotatable bonds is 10. The second kappa shape index (κ2) is 10.2. The van der Waals surface area contributed by atoms with Crippen LogP contribution in [0, 0.1) is 0 Å². The monoisotopic (exact) mass is 340 g/mol. The van der Waals surface area contributed by atoms with E-state index in [2.05, 4.69) is 9.47 Å². The van der Waals surface area contributed by atoms with Crippen molar-refractivity contribution >= 4 is 35.1 Å². The Hall–Kier alpha value is -2.64. The van der Waals surface area contributed by atoms with Crippen molar-refractivity contribution in [2.45, 2.75) is 52.7 Å².